The Hall–Kier alpha value is -1.80. The molecule has 0 amide bonds. The van der Waals surface area contributed by atoms with Crippen molar-refractivity contribution in [1.82, 2.24) is 0 Å². The SMILES string of the molecule is CCc1ccc(C(O)C2Cc3ccccc3O2)cc1CC. The first kappa shape index (κ1) is 14.2. The molecule has 1 heterocycles. The molecule has 0 aromatic heterocycles. The van der Waals surface area contributed by atoms with Gasteiger partial charge in [0, 0.05) is 6.42 Å². The molecule has 1 aliphatic heterocycles. The van der Waals surface area contributed by atoms with Crippen LogP contribution in [0.4, 0.5) is 0 Å². The molecule has 2 aromatic carbocycles. The van der Waals surface area contributed by atoms with Crippen LogP contribution in [0.2, 0.25) is 0 Å². The fourth-order valence-corrected chi connectivity index (χ4v) is 3.10. The zero-order chi connectivity index (χ0) is 14.8. The summed E-state index contributed by atoms with van der Waals surface area (Å²) >= 11 is 0. The van der Waals surface area contributed by atoms with Crippen LogP contribution in [0.25, 0.3) is 0 Å². The lowest BCUT2D eigenvalue weighted by Gasteiger charge is -2.20. The van der Waals surface area contributed by atoms with Crippen molar-refractivity contribution >= 4 is 0 Å². The maximum absolute atomic E-state index is 10.7. The molecule has 0 saturated heterocycles. The van der Waals surface area contributed by atoms with E-state index < -0.39 is 6.10 Å². The molecule has 0 fully saturated rings. The fourth-order valence-electron chi connectivity index (χ4n) is 3.10. The maximum Gasteiger partial charge on any atom is 0.133 e. The lowest BCUT2D eigenvalue weighted by atomic mass is 9.94. The minimum atomic E-state index is -0.575. The quantitative estimate of drug-likeness (QED) is 0.923. The second-order valence-corrected chi connectivity index (χ2v) is 5.65. The standard InChI is InChI=1S/C19H22O2/c1-3-13-9-10-16(11-14(13)4-2)19(20)18-12-15-7-5-6-8-17(15)21-18/h5-11,18-20H,3-4,12H2,1-2H3. The maximum atomic E-state index is 10.7. The molecule has 2 unspecified atom stereocenters. The van der Waals surface area contributed by atoms with Gasteiger partial charge in [0.1, 0.15) is 18.0 Å². The third kappa shape index (κ3) is 2.68. The van der Waals surface area contributed by atoms with Crippen molar-refractivity contribution in [2.45, 2.75) is 45.3 Å². The van der Waals surface area contributed by atoms with Gasteiger partial charge in [-0.3, -0.25) is 0 Å². The molecule has 2 atom stereocenters. The second kappa shape index (κ2) is 5.90. The van der Waals surface area contributed by atoms with Gasteiger partial charge in [0.25, 0.3) is 0 Å². The summed E-state index contributed by atoms with van der Waals surface area (Å²) in [7, 11) is 0. The Kier molecular flexibility index (Phi) is 3.98. The highest BCUT2D eigenvalue weighted by molar-refractivity contribution is 5.39. The summed E-state index contributed by atoms with van der Waals surface area (Å²) in [6, 6.07) is 14.3. The van der Waals surface area contributed by atoms with Gasteiger partial charge < -0.3 is 9.84 Å². The van der Waals surface area contributed by atoms with E-state index >= 15 is 0 Å². The van der Waals surface area contributed by atoms with Crippen LogP contribution in [0.1, 0.15) is 42.2 Å². The molecular weight excluding hydrogens is 260 g/mol. The smallest absolute Gasteiger partial charge is 0.133 e. The van der Waals surface area contributed by atoms with E-state index in [1.54, 1.807) is 0 Å². The van der Waals surface area contributed by atoms with Crippen molar-refractivity contribution in [1.29, 1.82) is 0 Å². The number of fused-ring (bicyclic) bond motifs is 1. The fraction of sp³-hybridized carbons (Fsp3) is 0.368. The number of para-hydroxylation sites is 1. The highest BCUT2D eigenvalue weighted by Gasteiger charge is 2.30. The monoisotopic (exact) mass is 282 g/mol. The summed E-state index contributed by atoms with van der Waals surface area (Å²) in [6.45, 7) is 4.33. The van der Waals surface area contributed by atoms with Crippen molar-refractivity contribution in [2.24, 2.45) is 0 Å². The Morgan fingerprint density at radius 3 is 2.57 bits per heavy atom. The first-order valence-electron chi connectivity index (χ1n) is 7.77. The lowest BCUT2D eigenvalue weighted by molar-refractivity contribution is 0.0491. The molecule has 2 nitrogen and oxygen atoms in total. The van der Waals surface area contributed by atoms with Crippen molar-refractivity contribution in [2.75, 3.05) is 0 Å². The van der Waals surface area contributed by atoms with Crippen molar-refractivity contribution in [3.8, 4) is 5.75 Å². The van der Waals surface area contributed by atoms with Gasteiger partial charge in [-0.25, -0.2) is 0 Å². The zero-order valence-electron chi connectivity index (χ0n) is 12.7. The number of rotatable bonds is 4. The molecule has 0 spiro atoms. The van der Waals surface area contributed by atoms with E-state index in [1.165, 1.54) is 16.7 Å². The molecule has 110 valence electrons. The summed E-state index contributed by atoms with van der Waals surface area (Å²) in [5.74, 6) is 0.905. The van der Waals surface area contributed by atoms with Crippen LogP contribution in [-0.4, -0.2) is 11.2 Å². The van der Waals surface area contributed by atoms with Crippen LogP contribution >= 0.6 is 0 Å². The van der Waals surface area contributed by atoms with Crippen LogP contribution in [0, 0.1) is 0 Å². The van der Waals surface area contributed by atoms with E-state index in [0.717, 1.165) is 30.6 Å². The number of ether oxygens (including phenoxy) is 1. The van der Waals surface area contributed by atoms with E-state index in [4.69, 9.17) is 4.74 Å². The summed E-state index contributed by atoms with van der Waals surface area (Å²) in [4.78, 5) is 0. The molecule has 2 heteroatoms. The highest BCUT2D eigenvalue weighted by atomic mass is 16.5. The Bertz CT molecular complexity index is 608. The molecule has 3 rings (SSSR count). The molecular formula is C19H22O2. The Morgan fingerprint density at radius 2 is 1.86 bits per heavy atom. The minimum Gasteiger partial charge on any atom is -0.487 e. The summed E-state index contributed by atoms with van der Waals surface area (Å²) in [5, 5.41) is 10.7. The normalized spacial score (nSPS) is 18.1. The summed E-state index contributed by atoms with van der Waals surface area (Å²) < 4.78 is 5.90. The number of aliphatic hydroxyl groups excluding tert-OH is 1. The molecule has 0 saturated carbocycles. The van der Waals surface area contributed by atoms with E-state index in [1.807, 2.05) is 24.3 Å². The molecule has 1 aliphatic rings. The van der Waals surface area contributed by atoms with Crippen LogP contribution in [-0.2, 0) is 19.3 Å². The first-order chi connectivity index (χ1) is 10.2. The van der Waals surface area contributed by atoms with Crippen LogP contribution < -0.4 is 4.74 Å². The van der Waals surface area contributed by atoms with Gasteiger partial charge in [0.05, 0.1) is 0 Å². The number of benzene rings is 2. The molecule has 0 bridgehead atoms. The highest BCUT2D eigenvalue weighted by Crippen LogP contribution is 2.34. The molecule has 1 N–H and O–H groups in total. The van der Waals surface area contributed by atoms with Crippen LogP contribution in [0.5, 0.6) is 5.75 Å². The summed E-state index contributed by atoms with van der Waals surface area (Å²) in [6.07, 6.45) is 2.04. The van der Waals surface area contributed by atoms with Crippen molar-refractivity contribution in [3.05, 3.63) is 64.7 Å². The first-order valence-corrected chi connectivity index (χ1v) is 7.77. The predicted molar refractivity (Wildman–Crippen MR) is 84.7 cm³/mol. The van der Waals surface area contributed by atoms with Crippen LogP contribution in [0.3, 0.4) is 0 Å². The van der Waals surface area contributed by atoms with Crippen LogP contribution in [0.15, 0.2) is 42.5 Å². The Labute approximate surface area is 126 Å². The van der Waals surface area contributed by atoms with Crippen molar-refractivity contribution < 1.29 is 9.84 Å². The number of hydrogen-bond acceptors (Lipinski definition) is 2. The minimum absolute atomic E-state index is 0.181. The van der Waals surface area contributed by atoms with Gasteiger partial charge in [-0.15, -0.1) is 0 Å². The van der Waals surface area contributed by atoms with Gasteiger partial charge in [0.15, 0.2) is 0 Å². The van der Waals surface area contributed by atoms with E-state index in [9.17, 15) is 5.11 Å². The predicted octanol–water partition coefficient (Wildman–Crippen LogP) is 3.85. The van der Waals surface area contributed by atoms with Gasteiger partial charge >= 0.3 is 0 Å². The third-order valence-corrected chi connectivity index (χ3v) is 4.36. The Balaban J connectivity index is 1.82. The third-order valence-electron chi connectivity index (χ3n) is 4.36. The average molecular weight is 282 g/mol. The molecule has 21 heavy (non-hydrogen) atoms. The van der Waals surface area contributed by atoms with E-state index in [0.29, 0.717) is 0 Å². The molecule has 2 aromatic rings. The number of aliphatic hydroxyl groups is 1. The lowest BCUT2D eigenvalue weighted by Crippen LogP contribution is -2.23. The topological polar surface area (TPSA) is 29.5 Å². The van der Waals surface area contributed by atoms with Crippen molar-refractivity contribution in [3.63, 3.8) is 0 Å². The Morgan fingerprint density at radius 1 is 1.10 bits per heavy atom. The van der Waals surface area contributed by atoms with Gasteiger partial charge in [-0.05, 0) is 41.2 Å². The molecule has 0 aliphatic carbocycles. The zero-order valence-corrected chi connectivity index (χ0v) is 12.7. The second-order valence-electron chi connectivity index (χ2n) is 5.65. The largest absolute Gasteiger partial charge is 0.487 e. The summed E-state index contributed by atoms with van der Waals surface area (Å²) in [5.41, 5.74) is 4.83. The average Bonchev–Trinajstić information content (AvgIpc) is 2.97. The van der Waals surface area contributed by atoms with Gasteiger partial charge in [-0.1, -0.05) is 50.2 Å². The number of hydrogen-bond donors (Lipinski definition) is 1. The van der Waals surface area contributed by atoms with E-state index in [2.05, 4.69) is 32.0 Å². The van der Waals surface area contributed by atoms with Gasteiger partial charge in [-0.2, -0.15) is 0 Å². The van der Waals surface area contributed by atoms with Gasteiger partial charge in [0.2, 0.25) is 0 Å². The number of aryl methyl sites for hydroxylation is 2. The van der Waals surface area contributed by atoms with E-state index in [-0.39, 0.29) is 6.10 Å². The molecule has 0 radical (unpaired) electrons.